The zero-order valence-corrected chi connectivity index (χ0v) is 20.2. The molecule has 2 fully saturated rings. The Morgan fingerprint density at radius 1 is 0.939 bits per heavy atom. The SMILES string of the molecule is O=C(CCc1nc2sc3c(c2c(=O)[nH]1)CCCC3)N1CCC(C(=O)N2CCCCCC2)CC1. The molecule has 5 rings (SSSR count). The highest BCUT2D eigenvalue weighted by Gasteiger charge is 2.30. The van der Waals surface area contributed by atoms with Gasteiger partial charge in [0.15, 0.2) is 0 Å². The largest absolute Gasteiger partial charge is 0.343 e. The maximum atomic E-state index is 12.9. The summed E-state index contributed by atoms with van der Waals surface area (Å²) in [5.41, 5.74) is 1.13. The molecule has 33 heavy (non-hydrogen) atoms. The number of aromatic nitrogens is 2. The number of likely N-dealkylation sites (tertiary alicyclic amines) is 2. The van der Waals surface area contributed by atoms with Gasteiger partial charge >= 0.3 is 0 Å². The van der Waals surface area contributed by atoms with Gasteiger partial charge < -0.3 is 14.8 Å². The summed E-state index contributed by atoms with van der Waals surface area (Å²) in [4.78, 5) is 52.1. The first-order valence-corrected chi connectivity index (χ1v) is 13.5. The molecule has 3 aliphatic rings. The molecule has 2 aliphatic heterocycles. The fourth-order valence-corrected chi connectivity index (χ4v) is 6.92. The van der Waals surface area contributed by atoms with Gasteiger partial charge in [-0.05, 0) is 56.9 Å². The van der Waals surface area contributed by atoms with Crippen LogP contribution in [-0.4, -0.2) is 57.8 Å². The molecule has 2 aromatic heterocycles. The third-order valence-electron chi connectivity index (χ3n) is 7.56. The lowest BCUT2D eigenvalue weighted by atomic mass is 9.94. The molecule has 0 atom stereocenters. The number of nitrogens with one attached hydrogen (secondary N) is 1. The molecule has 0 unspecified atom stereocenters. The number of thiophene rings is 1. The molecule has 0 spiro atoms. The molecular formula is C25H34N4O3S. The van der Waals surface area contributed by atoms with E-state index in [4.69, 9.17) is 4.98 Å². The van der Waals surface area contributed by atoms with E-state index < -0.39 is 0 Å². The first-order chi connectivity index (χ1) is 16.1. The topological polar surface area (TPSA) is 86.4 Å². The summed E-state index contributed by atoms with van der Waals surface area (Å²) in [5.74, 6) is 1.03. The van der Waals surface area contributed by atoms with Crippen molar-refractivity contribution in [2.45, 2.75) is 77.0 Å². The van der Waals surface area contributed by atoms with Crippen molar-refractivity contribution in [1.29, 1.82) is 0 Å². The monoisotopic (exact) mass is 470 g/mol. The Morgan fingerprint density at radius 2 is 1.67 bits per heavy atom. The number of aromatic amines is 1. The normalized spacial score (nSPS) is 20.0. The van der Waals surface area contributed by atoms with E-state index in [-0.39, 0.29) is 23.3 Å². The number of H-pyrrole nitrogens is 1. The molecule has 178 valence electrons. The van der Waals surface area contributed by atoms with Crippen molar-refractivity contribution in [3.63, 3.8) is 0 Å². The molecule has 0 radical (unpaired) electrons. The predicted molar refractivity (Wildman–Crippen MR) is 130 cm³/mol. The molecule has 0 aromatic carbocycles. The van der Waals surface area contributed by atoms with Crippen molar-refractivity contribution in [3.05, 3.63) is 26.6 Å². The molecule has 0 bridgehead atoms. The number of amides is 2. The van der Waals surface area contributed by atoms with E-state index in [2.05, 4.69) is 9.88 Å². The highest BCUT2D eigenvalue weighted by Crippen LogP contribution is 2.33. The number of carbonyl (C=O) groups is 2. The van der Waals surface area contributed by atoms with Crippen LogP contribution in [0.1, 0.15) is 74.1 Å². The highest BCUT2D eigenvalue weighted by molar-refractivity contribution is 7.18. The van der Waals surface area contributed by atoms with Gasteiger partial charge in [-0.25, -0.2) is 4.98 Å². The van der Waals surface area contributed by atoms with Gasteiger partial charge in [-0.3, -0.25) is 14.4 Å². The number of rotatable bonds is 4. The Labute approximate surface area is 198 Å². The van der Waals surface area contributed by atoms with Gasteiger partial charge in [0, 0.05) is 49.8 Å². The summed E-state index contributed by atoms with van der Waals surface area (Å²) in [6.07, 6.45) is 11.3. The number of carbonyl (C=O) groups excluding carboxylic acids is 2. The zero-order chi connectivity index (χ0) is 22.8. The lowest BCUT2D eigenvalue weighted by Crippen LogP contribution is -2.44. The Bertz CT molecular complexity index is 1080. The molecule has 2 aromatic rings. The van der Waals surface area contributed by atoms with E-state index in [0.717, 1.165) is 68.3 Å². The van der Waals surface area contributed by atoms with E-state index in [1.807, 2.05) is 4.90 Å². The van der Waals surface area contributed by atoms with Gasteiger partial charge in [0.2, 0.25) is 11.8 Å². The summed E-state index contributed by atoms with van der Waals surface area (Å²) in [6, 6.07) is 0. The number of hydrogen-bond donors (Lipinski definition) is 1. The number of aryl methyl sites for hydroxylation is 3. The lowest BCUT2D eigenvalue weighted by Gasteiger charge is -2.34. The minimum absolute atomic E-state index is 0.0532. The molecule has 8 heteroatoms. The first kappa shape index (κ1) is 22.6. The molecule has 1 aliphatic carbocycles. The van der Waals surface area contributed by atoms with Gasteiger partial charge in [0.25, 0.3) is 5.56 Å². The van der Waals surface area contributed by atoms with Crippen molar-refractivity contribution in [1.82, 2.24) is 19.8 Å². The van der Waals surface area contributed by atoms with Gasteiger partial charge in [-0.15, -0.1) is 11.3 Å². The first-order valence-electron chi connectivity index (χ1n) is 12.7. The average molecular weight is 471 g/mol. The minimum Gasteiger partial charge on any atom is -0.343 e. The average Bonchev–Trinajstić information content (AvgIpc) is 3.00. The van der Waals surface area contributed by atoms with E-state index >= 15 is 0 Å². The number of piperidine rings is 1. The fraction of sp³-hybridized carbons (Fsp3) is 0.680. The minimum atomic E-state index is -0.0605. The van der Waals surface area contributed by atoms with E-state index in [1.54, 1.807) is 11.3 Å². The summed E-state index contributed by atoms with van der Waals surface area (Å²) in [5, 5.41) is 0.765. The molecule has 0 saturated carbocycles. The van der Waals surface area contributed by atoms with Gasteiger partial charge in [-0.1, -0.05) is 12.8 Å². The third kappa shape index (κ3) is 4.86. The highest BCUT2D eigenvalue weighted by atomic mass is 32.1. The molecular weight excluding hydrogens is 436 g/mol. The Balaban J connectivity index is 1.15. The number of nitrogens with zero attached hydrogens (tertiary/aromatic N) is 3. The van der Waals surface area contributed by atoms with Crippen molar-refractivity contribution >= 4 is 33.4 Å². The fourth-order valence-electron chi connectivity index (χ4n) is 5.64. The van der Waals surface area contributed by atoms with E-state index in [1.165, 1.54) is 29.7 Å². The van der Waals surface area contributed by atoms with Crippen LogP contribution in [0.25, 0.3) is 10.2 Å². The summed E-state index contributed by atoms with van der Waals surface area (Å²) < 4.78 is 0. The van der Waals surface area contributed by atoms with Gasteiger partial charge in [-0.2, -0.15) is 0 Å². The maximum Gasteiger partial charge on any atom is 0.259 e. The second kappa shape index (κ2) is 9.95. The molecule has 4 heterocycles. The Kier molecular flexibility index (Phi) is 6.81. The van der Waals surface area contributed by atoms with Crippen LogP contribution in [0, 0.1) is 5.92 Å². The maximum absolute atomic E-state index is 12.9. The van der Waals surface area contributed by atoms with E-state index in [0.29, 0.717) is 31.8 Å². The molecule has 2 amide bonds. The standard InChI is InChI=1S/C25H34N4O3S/c30-21(28-15-11-17(12-16-28)25(32)29-13-5-1-2-6-14-29)10-9-20-26-23(31)22-18-7-3-4-8-19(18)33-24(22)27-20/h17H,1-16H2,(H,26,27,31). The Hall–Kier alpha value is -2.22. The third-order valence-corrected chi connectivity index (χ3v) is 8.75. The van der Waals surface area contributed by atoms with Crippen LogP contribution in [0.4, 0.5) is 0 Å². The molecule has 1 N–H and O–H groups in total. The van der Waals surface area contributed by atoms with Crippen LogP contribution in [0.15, 0.2) is 4.79 Å². The van der Waals surface area contributed by atoms with Crippen LogP contribution < -0.4 is 5.56 Å². The van der Waals surface area contributed by atoms with E-state index in [9.17, 15) is 14.4 Å². The van der Waals surface area contributed by atoms with Crippen LogP contribution in [-0.2, 0) is 28.9 Å². The van der Waals surface area contributed by atoms with Crippen LogP contribution in [0.2, 0.25) is 0 Å². The Morgan fingerprint density at radius 3 is 2.42 bits per heavy atom. The van der Waals surface area contributed by atoms with Crippen molar-refractivity contribution in [2.75, 3.05) is 26.2 Å². The molecule has 7 nitrogen and oxygen atoms in total. The second-order valence-corrected chi connectivity index (χ2v) is 10.9. The lowest BCUT2D eigenvalue weighted by molar-refractivity contribution is -0.140. The summed E-state index contributed by atoms with van der Waals surface area (Å²) in [7, 11) is 0. The van der Waals surface area contributed by atoms with Crippen molar-refractivity contribution in [3.8, 4) is 0 Å². The number of hydrogen-bond acceptors (Lipinski definition) is 5. The summed E-state index contributed by atoms with van der Waals surface area (Å²) >= 11 is 1.64. The van der Waals surface area contributed by atoms with Crippen LogP contribution >= 0.6 is 11.3 Å². The zero-order valence-electron chi connectivity index (χ0n) is 19.4. The van der Waals surface area contributed by atoms with Crippen LogP contribution in [0.5, 0.6) is 0 Å². The van der Waals surface area contributed by atoms with Crippen LogP contribution in [0.3, 0.4) is 0 Å². The smallest absolute Gasteiger partial charge is 0.259 e. The molecule has 2 saturated heterocycles. The van der Waals surface area contributed by atoms with Gasteiger partial charge in [0.05, 0.1) is 5.39 Å². The van der Waals surface area contributed by atoms with Crippen molar-refractivity contribution in [2.24, 2.45) is 5.92 Å². The summed E-state index contributed by atoms with van der Waals surface area (Å²) in [6.45, 7) is 3.06. The quantitative estimate of drug-likeness (QED) is 0.742. The predicted octanol–water partition coefficient (Wildman–Crippen LogP) is 3.44. The van der Waals surface area contributed by atoms with Crippen molar-refractivity contribution < 1.29 is 9.59 Å². The van der Waals surface area contributed by atoms with Gasteiger partial charge in [0.1, 0.15) is 10.7 Å². The second-order valence-electron chi connectivity index (χ2n) is 9.80. The number of fused-ring (bicyclic) bond motifs is 3.